The van der Waals surface area contributed by atoms with Crippen molar-refractivity contribution in [1.82, 2.24) is 10.9 Å². The molecule has 2 amide bonds. The number of benzene rings is 1. The van der Waals surface area contributed by atoms with Crippen molar-refractivity contribution in [3.8, 4) is 0 Å². The lowest BCUT2D eigenvalue weighted by Crippen LogP contribution is -2.43. The molecular formula is C18H22N2O2. The summed E-state index contributed by atoms with van der Waals surface area (Å²) in [6.07, 6.45) is 5.72. The lowest BCUT2D eigenvalue weighted by Gasteiger charge is -2.07. The zero-order valence-corrected chi connectivity index (χ0v) is 12.6. The van der Waals surface area contributed by atoms with E-state index >= 15 is 0 Å². The van der Waals surface area contributed by atoms with Gasteiger partial charge in [0.25, 0.3) is 0 Å². The van der Waals surface area contributed by atoms with Crippen LogP contribution >= 0.6 is 0 Å². The molecule has 22 heavy (non-hydrogen) atoms. The number of carbonyl (C=O) groups is 2. The van der Waals surface area contributed by atoms with Gasteiger partial charge in [0.2, 0.25) is 11.8 Å². The summed E-state index contributed by atoms with van der Waals surface area (Å²) in [6, 6.07) is 10.1. The smallest absolute Gasteiger partial charge is 0.242 e. The summed E-state index contributed by atoms with van der Waals surface area (Å²) in [5, 5.41) is 0. The maximum Gasteiger partial charge on any atom is 0.242 e. The predicted octanol–water partition coefficient (Wildman–Crippen LogP) is 2.37. The van der Waals surface area contributed by atoms with E-state index in [0.717, 1.165) is 6.42 Å². The molecular weight excluding hydrogens is 276 g/mol. The fraction of sp³-hybridized carbons (Fsp3) is 0.556. The molecule has 0 aromatic heterocycles. The Labute approximate surface area is 130 Å². The minimum atomic E-state index is -0.0502. The van der Waals surface area contributed by atoms with Gasteiger partial charge in [-0.25, -0.2) is 0 Å². The SMILES string of the molecule is O=C(NNC(=O)[C@@H]1C[C@H]1c1ccccc1)C1[C@H]2CCCC[C@@H]12. The monoisotopic (exact) mass is 298 g/mol. The number of hydrogen-bond acceptors (Lipinski definition) is 2. The van der Waals surface area contributed by atoms with Crippen LogP contribution < -0.4 is 10.9 Å². The average molecular weight is 298 g/mol. The van der Waals surface area contributed by atoms with Crippen molar-refractivity contribution in [3.63, 3.8) is 0 Å². The molecule has 4 nitrogen and oxygen atoms in total. The van der Waals surface area contributed by atoms with E-state index in [4.69, 9.17) is 0 Å². The summed E-state index contributed by atoms with van der Waals surface area (Å²) in [7, 11) is 0. The van der Waals surface area contributed by atoms with E-state index in [1.54, 1.807) is 0 Å². The highest BCUT2D eigenvalue weighted by Gasteiger charge is 2.55. The van der Waals surface area contributed by atoms with Crippen LogP contribution in [0.5, 0.6) is 0 Å². The van der Waals surface area contributed by atoms with Gasteiger partial charge in [-0.3, -0.25) is 20.4 Å². The normalized spacial score (nSPS) is 35.2. The lowest BCUT2D eigenvalue weighted by atomic mass is 10.0. The molecule has 1 unspecified atom stereocenters. The Hall–Kier alpha value is -1.84. The molecule has 0 radical (unpaired) electrons. The molecule has 5 atom stereocenters. The lowest BCUT2D eigenvalue weighted by molar-refractivity contribution is -0.130. The first-order valence-corrected chi connectivity index (χ1v) is 8.40. The van der Waals surface area contributed by atoms with E-state index in [9.17, 15) is 9.59 Å². The molecule has 0 bridgehead atoms. The first-order valence-electron chi connectivity index (χ1n) is 8.40. The van der Waals surface area contributed by atoms with Crippen molar-refractivity contribution in [2.75, 3.05) is 0 Å². The van der Waals surface area contributed by atoms with E-state index in [0.29, 0.717) is 17.8 Å². The van der Waals surface area contributed by atoms with Crippen LogP contribution in [0.25, 0.3) is 0 Å². The molecule has 3 fully saturated rings. The first kappa shape index (κ1) is 13.8. The Morgan fingerprint density at radius 2 is 1.55 bits per heavy atom. The number of fused-ring (bicyclic) bond motifs is 1. The Morgan fingerprint density at radius 3 is 2.23 bits per heavy atom. The molecule has 4 rings (SSSR count). The van der Waals surface area contributed by atoms with Gasteiger partial charge in [-0.15, -0.1) is 0 Å². The molecule has 3 aliphatic rings. The zero-order valence-electron chi connectivity index (χ0n) is 12.6. The topological polar surface area (TPSA) is 58.2 Å². The maximum absolute atomic E-state index is 12.1. The van der Waals surface area contributed by atoms with Crippen LogP contribution in [0.3, 0.4) is 0 Å². The van der Waals surface area contributed by atoms with Crippen molar-refractivity contribution in [1.29, 1.82) is 0 Å². The Balaban J connectivity index is 1.25. The van der Waals surface area contributed by atoms with Crippen LogP contribution in [-0.4, -0.2) is 11.8 Å². The van der Waals surface area contributed by atoms with Gasteiger partial charge in [0.1, 0.15) is 0 Å². The third-order valence-corrected chi connectivity index (χ3v) is 5.62. The summed E-state index contributed by atoms with van der Waals surface area (Å²) in [4.78, 5) is 24.3. The van der Waals surface area contributed by atoms with Gasteiger partial charge in [0.05, 0.1) is 0 Å². The summed E-state index contributed by atoms with van der Waals surface area (Å²) < 4.78 is 0. The minimum Gasteiger partial charge on any atom is -0.273 e. The second kappa shape index (κ2) is 5.41. The van der Waals surface area contributed by atoms with E-state index < -0.39 is 0 Å². The molecule has 1 aromatic carbocycles. The highest BCUT2D eigenvalue weighted by atomic mass is 16.2. The molecule has 4 heteroatoms. The van der Waals surface area contributed by atoms with Gasteiger partial charge in [0.15, 0.2) is 0 Å². The summed E-state index contributed by atoms with van der Waals surface area (Å²) >= 11 is 0. The third kappa shape index (κ3) is 2.51. The number of amides is 2. The van der Waals surface area contributed by atoms with Crippen LogP contribution in [0.2, 0.25) is 0 Å². The van der Waals surface area contributed by atoms with Crippen LogP contribution in [0.4, 0.5) is 0 Å². The van der Waals surface area contributed by atoms with Gasteiger partial charge in [0, 0.05) is 11.8 Å². The Morgan fingerprint density at radius 1 is 0.909 bits per heavy atom. The Kier molecular flexibility index (Phi) is 3.40. The van der Waals surface area contributed by atoms with E-state index in [2.05, 4.69) is 23.0 Å². The second-order valence-electron chi connectivity index (χ2n) is 6.98. The van der Waals surface area contributed by atoms with Crippen molar-refractivity contribution < 1.29 is 9.59 Å². The molecule has 3 saturated carbocycles. The van der Waals surface area contributed by atoms with Crippen molar-refractivity contribution in [2.24, 2.45) is 23.7 Å². The zero-order chi connectivity index (χ0) is 15.1. The van der Waals surface area contributed by atoms with Gasteiger partial charge in [-0.1, -0.05) is 43.2 Å². The highest BCUT2D eigenvalue weighted by molar-refractivity contribution is 5.88. The van der Waals surface area contributed by atoms with Crippen LogP contribution in [-0.2, 0) is 9.59 Å². The Bertz CT molecular complexity index is 574. The molecule has 1 aromatic rings. The van der Waals surface area contributed by atoms with E-state index in [1.807, 2.05) is 18.2 Å². The van der Waals surface area contributed by atoms with Crippen LogP contribution in [0.1, 0.15) is 43.6 Å². The van der Waals surface area contributed by atoms with Gasteiger partial charge >= 0.3 is 0 Å². The number of rotatable bonds is 3. The number of hydrogen-bond donors (Lipinski definition) is 2. The highest BCUT2D eigenvalue weighted by Crippen LogP contribution is 2.55. The standard InChI is InChI=1S/C18H22N2O2/c21-17(15-10-14(15)11-6-2-1-3-7-11)19-20-18(22)16-12-8-4-5-9-13(12)16/h1-3,6-7,12-16H,4-5,8-10H2,(H,19,21)(H,20,22)/t12-,13+,14-,15+,16?/m0/s1. The fourth-order valence-electron chi connectivity index (χ4n) is 4.23. The van der Waals surface area contributed by atoms with Crippen LogP contribution in [0.15, 0.2) is 30.3 Å². The molecule has 0 spiro atoms. The third-order valence-electron chi connectivity index (χ3n) is 5.62. The molecule has 0 heterocycles. The van der Waals surface area contributed by atoms with Crippen molar-refractivity contribution in [3.05, 3.63) is 35.9 Å². The molecule has 0 aliphatic heterocycles. The first-order chi connectivity index (χ1) is 10.8. The van der Waals surface area contributed by atoms with Crippen molar-refractivity contribution in [2.45, 2.75) is 38.0 Å². The van der Waals surface area contributed by atoms with Gasteiger partial charge < -0.3 is 0 Å². The van der Waals surface area contributed by atoms with Gasteiger partial charge in [-0.2, -0.15) is 0 Å². The maximum atomic E-state index is 12.1. The molecule has 2 N–H and O–H groups in total. The molecule has 0 saturated heterocycles. The number of carbonyl (C=O) groups excluding carboxylic acids is 2. The number of nitrogens with one attached hydrogen (secondary N) is 2. The minimum absolute atomic E-state index is 0.00387. The fourth-order valence-corrected chi connectivity index (χ4v) is 4.23. The summed E-state index contributed by atoms with van der Waals surface area (Å²) in [5.41, 5.74) is 6.50. The summed E-state index contributed by atoms with van der Waals surface area (Å²) in [6.45, 7) is 0. The van der Waals surface area contributed by atoms with Crippen LogP contribution in [0, 0.1) is 23.7 Å². The molecule has 116 valence electrons. The van der Waals surface area contributed by atoms with Crippen molar-refractivity contribution >= 4 is 11.8 Å². The van der Waals surface area contributed by atoms with E-state index in [-0.39, 0.29) is 23.7 Å². The largest absolute Gasteiger partial charge is 0.273 e. The predicted molar refractivity (Wildman–Crippen MR) is 82.5 cm³/mol. The quantitative estimate of drug-likeness (QED) is 0.842. The summed E-state index contributed by atoms with van der Waals surface area (Å²) in [5.74, 6) is 1.57. The van der Waals surface area contributed by atoms with Gasteiger partial charge in [-0.05, 0) is 42.6 Å². The molecule has 3 aliphatic carbocycles. The van der Waals surface area contributed by atoms with E-state index in [1.165, 1.54) is 31.2 Å². The number of hydrazine groups is 1. The average Bonchev–Trinajstić information content (AvgIpc) is 3.45. The second-order valence-corrected chi connectivity index (χ2v) is 6.98.